The van der Waals surface area contributed by atoms with Gasteiger partial charge in [0.05, 0.1) is 12.2 Å². The van der Waals surface area contributed by atoms with E-state index < -0.39 is 0 Å². The molecule has 0 aliphatic carbocycles. The summed E-state index contributed by atoms with van der Waals surface area (Å²) in [7, 11) is 0. The molecular formula is C20H21N9. The van der Waals surface area contributed by atoms with E-state index in [4.69, 9.17) is 4.98 Å². The van der Waals surface area contributed by atoms with Gasteiger partial charge in [-0.05, 0) is 20.3 Å². The SMILES string of the molecule is CC[C@@H]1c2nncn2-c2cnc(-n3ncnc3-c3ccccc3)nc2N1C(C)C. The Morgan fingerprint density at radius 3 is 2.69 bits per heavy atom. The maximum atomic E-state index is 4.92. The Morgan fingerprint density at radius 1 is 1.10 bits per heavy atom. The van der Waals surface area contributed by atoms with Crippen LogP contribution in [0.2, 0.25) is 0 Å². The molecule has 0 fully saturated rings. The van der Waals surface area contributed by atoms with Crippen LogP contribution in [0.1, 0.15) is 39.1 Å². The summed E-state index contributed by atoms with van der Waals surface area (Å²) in [5.74, 6) is 2.95. The highest BCUT2D eigenvalue weighted by atomic mass is 15.4. The van der Waals surface area contributed by atoms with E-state index in [0.29, 0.717) is 11.8 Å². The van der Waals surface area contributed by atoms with Crippen LogP contribution < -0.4 is 4.90 Å². The zero-order chi connectivity index (χ0) is 20.0. The van der Waals surface area contributed by atoms with E-state index in [-0.39, 0.29) is 12.1 Å². The Kier molecular flexibility index (Phi) is 4.08. The highest BCUT2D eigenvalue weighted by molar-refractivity contribution is 5.63. The molecule has 4 aromatic rings. The zero-order valence-electron chi connectivity index (χ0n) is 16.5. The third-order valence-corrected chi connectivity index (χ3v) is 5.16. The highest BCUT2D eigenvalue weighted by Gasteiger charge is 2.35. The van der Waals surface area contributed by atoms with Crippen molar-refractivity contribution in [3.63, 3.8) is 0 Å². The number of benzene rings is 1. The predicted octanol–water partition coefficient (Wildman–Crippen LogP) is 2.98. The molecule has 1 aromatic carbocycles. The molecule has 0 spiro atoms. The van der Waals surface area contributed by atoms with Crippen LogP contribution in [0, 0.1) is 0 Å². The first-order valence-corrected chi connectivity index (χ1v) is 9.70. The Labute approximate surface area is 168 Å². The second-order valence-corrected chi connectivity index (χ2v) is 7.22. The molecule has 5 rings (SSSR count). The lowest BCUT2D eigenvalue weighted by molar-refractivity contribution is 0.496. The number of nitrogens with zero attached hydrogens (tertiary/aromatic N) is 9. The Morgan fingerprint density at radius 2 is 1.93 bits per heavy atom. The second-order valence-electron chi connectivity index (χ2n) is 7.22. The summed E-state index contributed by atoms with van der Waals surface area (Å²) in [6.07, 6.45) is 5.96. The molecule has 0 unspecified atom stereocenters. The van der Waals surface area contributed by atoms with Crippen LogP contribution in [0.5, 0.6) is 0 Å². The molecule has 4 heterocycles. The molecule has 9 heteroatoms. The lowest BCUT2D eigenvalue weighted by Gasteiger charge is -2.39. The minimum Gasteiger partial charge on any atom is -0.342 e. The van der Waals surface area contributed by atoms with Crippen molar-refractivity contribution in [3.05, 3.63) is 55.0 Å². The molecule has 0 radical (unpaired) electrons. The number of fused-ring (bicyclic) bond motifs is 3. The number of rotatable bonds is 4. The first kappa shape index (κ1) is 17.5. The Balaban J connectivity index is 1.68. The minimum atomic E-state index is 0.0945. The molecule has 0 N–H and O–H groups in total. The quantitative estimate of drug-likeness (QED) is 0.532. The van der Waals surface area contributed by atoms with Gasteiger partial charge in [-0.1, -0.05) is 37.3 Å². The van der Waals surface area contributed by atoms with Crippen LogP contribution in [-0.2, 0) is 0 Å². The van der Waals surface area contributed by atoms with Gasteiger partial charge in [-0.2, -0.15) is 14.8 Å². The maximum Gasteiger partial charge on any atom is 0.254 e. The largest absolute Gasteiger partial charge is 0.342 e. The number of anilines is 1. The van der Waals surface area contributed by atoms with Crippen LogP contribution in [0.15, 0.2) is 49.2 Å². The molecule has 0 bridgehead atoms. The predicted molar refractivity (Wildman–Crippen MR) is 108 cm³/mol. The van der Waals surface area contributed by atoms with Gasteiger partial charge in [-0.25, -0.2) is 9.97 Å². The van der Waals surface area contributed by atoms with Gasteiger partial charge < -0.3 is 4.90 Å². The van der Waals surface area contributed by atoms with Crippen LogP contribution in [0.25, 0.3) is 23.0 Å². The van der Waals surface area contributed by atoms with Crippen LogP contribution in [-0.4, -0.2) is 45.5 Å². The van der Waals surface area contributed by atoms with E-state index in [1.165, 1.54) is 6.33 Å². The summed E-state index contributed by atoms with van der Waals surface area (Å²) in [4.78, 5) is 16.2. The molecule has 0 saturated heterocycles. The molecular weight excluding hydrogens is 366 g/mol. The van der Waals surface area contributed by atoms with E-state index in [0.717, 1.165) is 29.3 Å². The fraction of sp³-hybridized carbons (Fsp3) is 0.300. The van der Waals surface area contributed by atoms with Crippen molar-refractivity contribution < 1.29 is 0 Å². The highest BCUT2D eigenvalue weighted by Crippen LogP contribution is 2.39. The summed E-state index contributed by atoms with van der Waals surface area (Å²) in [6, 6.07) is 10.2. The molecule has 0 amide bonds. The lowest BCUT2D eigenvalue weighted by Crippen LogP contribution is -2.40. The van der Waals surface area contributed by atoms with Crippen molar-refractivity contribution in [1.82, 2.24) is 39.5 Å². The van der Waals surface area contributed by atoms with Gasteiger partial charge in [0.15, 0.2) is 17.5 Å². The van der Waals surface area contributed by atoms with Gasteiger partial charge in [0.2, 0.25) is 0 Å². The summed E-state index contributed by atoms with van der Waals surface area (Å²) in [5, 5.41) is 12.9. The molecule has 9 nitrogen and oxygen atoms in total. The molecule has 1 atom stereocenters. The third-order valence-electron chi connectivity index (χ3n) is 5.16. The summed E-state index contributed by atoms with van der Waals surface area (Å²) in [5.41, 5.74) is 1.83. The second kappa shape index (κ2) is 6.77. The number of aromatic nitrogens is 8. The molecule has 3 aromatic heterocycles. The van der Waals surface area contributed by atoms with Gasteiger partial charge >= 0.3 is 0 Å². The standard InChI is InChI=1S/C20H21N9/c1-4-15-19-26-23-12-27(19)16-10-21-20(25-18(16)28(15)13(2)3)29-17(22-11-24-29)14-8-6-5-7-9-14/h5-13,15H,4H2,1-3H3/t15-/m1/s1. The fourth-order valence-electron chi connectivity index (χ4n) is 3.90. The van der Waals surface area contributed by atoms with Gasteiger partial charge in [-0.15, -0.1) is 10.2 Å². The van der Waals surface area contributed by atoms with Gasteiger partial charge in [0.25, 0.3) is 5.95 Å². The smallest absolute Gasteiger partial charge is 0.254 e. The van der Waals surface area contributed by atoms with E-state index in [9.17, 15) is 0 Å². The molecule has 1 aliphatic heterocycles. The summed E-state index contributed by atoms with van der Waals surface area (Å²) < 4.78 is 3.66. The number of hydrogen-bond donors (Lipinski definition) is 0. The zero-order valence-corrected chi connectivity index (χ0v) is 16.5. The lowest BCUT2D eigenvalue weighted by atomic mass is 10.1. The van der Waals surface area contributed by atoms with Crippen LogP contribution in [0.3, 0.4) is 0 Å². The monoisotopic (exact) mass is 387 g/mol. The maximum absolute atomic E-state index is 4.92. The normalized spacial score (nSPS) is 15.4. The molecule has 146 valence electrons. The minimum absolute atomic E-state index is 0.0945. The van der Waals surface area contributed by atoms with Crippen molar-refractivity contribution in [2.45, 2.75) is 39.3 Å². The van der Waals surface area contributed by atoms with E-state index in [2.05, 4.69) is 50.9 Å². The van der Waals surface area contributed by atoms with E-state index >= 15 is 0 Å². The molecule has 1 aliphatic rings. The Bertz CT molecular complexity index is 1150. The van der Waals surface area contributed by atoms with Gasteiger partial charge in [-0.3, -0.25) is 4.57 Å². The summed E-state index contributed by atoms with van der Waals surface area (Å²) in [6.45, 7) is 6.47. The average molecular weight is 387 g/mol. The van der Waals surface area contributed by atoms with Crippen molar-refractivity contribution >= 4 is 5.82 Å². The van der Waals surface area contributed by atoms with Crippen molar-refractivity contribution in [2.24, 2.45) is 0 Å². The number of hydrogen-bond acceptors (Lipinski definition) is 7. The van der Waals surface area contributed by atoms with Crippen molar-refractivity contribution in [3.8, 4) is 23.0 Å². The first-order valence-electron chi connectivity index (χ1n) is 9.70. The van der Waals surface area contributed by atoms with Crippen LogP contribution in [0.4, 0.5) is 5.82 Å². The first-order chi connectivity index (χ1) is 14.2. The summed E-state index contributed by atoms with van der Waals surface area (Å²) >= 11 is 0. The fourth-order valence-corrected chi connectivity index (χ4v) is 3.90. The molecule has 29 heavy (non-hydrogen) atoms. The van der Waals surface area contributed by atoms with Crippen molar-refractivity contribution in [2.75, 3.05) is 4.90 Å². The van der Waals surface area contributed by atoms with E-state index in [1.807, 2.05) is 41.1 Å². The average Bonchev–Trinajstić information content (AvgIpc) is 3.42. The third kappa shape index (κ3) is 2.69. The topological polar surface area (TPSA) is 90.4 Å². The van der Waals surface area contributed by atoms with E-state index in [1.54, 1.807) is 11.0 Å². The Hall–Kier alpha value is -3.62. The van der Waals surface area contributed by atoms with Crippen molar-refractivity contribution in [1.29, 1.82) is 0 Å². The van der Waals surface area contributed by atoms with Gasteiger partial charge in [0, 0.05) is 11.6 Å². The van der Waals surface area contributed by atoms with Crippen LogP contribution >= 0.6 is 0 Å². The van der Waals surface area contributed by atoms with Gasteiger partial charge in [0.1, 0.15) is 18.3 Å². The molecule has 0 saturated carbocycles.